The largest absolute Gasteiger partial charge is 0.370 e. The summed E-state index contributed by atoms with van der Waals surface area (Å²) >= 11 is 3.18. The second-order valence-electron chi connectivity index (χ2n) is 11.3. The molecule has 210 valence electrons. The molecule has 2 aromatic heterocycles. The SMILES string of the molecule is CC(C)(C)c1ccc(-c2csc(CN=C(N)NCC(C)(C)c3ccc(-c4ncc(CN=C(N)N)s4)cc3)n2)cc1. The van der Waals surface area contributed by atoms with E-state index in [-0.39, 0.29) is 16.8 Å². The first-order chi connectivity index (χ1) is 18.9. The average molecular weight is 575 g/mol. The molecule has 0 saturated heterocycles. The minimum atomic E-state index is -0.159. The van der Waals surface area contributed by atoms with Crippen molar-refractivity contribution < 1.29 is 0 Å². The molecule has 0 aliphatic rings. The van der Waals surface area contributed by atoms with Crippen molar-refractivity contribution in [1.82, 2.24) is 15.3 Å². The fraction of sp³-hybridized carbons (Fsp3) is 0.333. The lowest BCUT2D eigenvalue weighted by atomic mass is 9.84. The minimum Gasteiger partial charge on any atom is -0.370 e. The summed E-state index contributed by atoms with van der Waals surface area (Å²) < 4.78 is 0. The van der Waals surface area contributed by atoms with E-state index in [1.54, 1.807) is 22.7 Å². The summed E-state index contributed by atoms with van der Waals surface area (Å²) in [4.78, 5) is 18.9. The zero-order valence-electron chi connectivity index (χ0n) is 23.7. The van der Waals surface area contributed by atoms with Gasteiger partial charge in [-0.25, -0.2) is 20.0 Å². The highest BCUT2D eigenvalue weighted by Crippen LogP contribution is 2.30. The van der Waals surface area contributed by atoms with Crippen LogP contribution in [0.2, 0.25) is 0 Å². The van der Waals surface area contributed by atoms with Gasteiger partial charge in [0.2, 0.25) is 0 Å². The Kier molecular flexibility index (Phi) is 8.90. The minimum absolute atomic E-state index is 0.0796. The number of nitrogens with zero attached hydrogens (tertiary/aromatic N) is 4. The number of nitrogens with one attached hydrogen (secondary N) is 1. The molecule has 0 fully saturated rings. The number of hydrogen-bond donors (Lipinski definition) is 4. The van der Waals surface area contributed by atoms with Crippen LogP contribution in [0.15, 0.2) is 70.1 Å². The Morgan fingerprint density at radius 1 is 0.850 bits per heavy atom. The number of benzene rings is 2. The van der Waals surface area contributed by atoms with Crippen molar-refractivity contribution in [3.8, 4) is 21.8 Å². The third-order valence-corrected chi connectivity index (χ3v) is 8.44. The van der Waals surface area contributed by atoms with Crippen LogP contribution in [-0.2, 0) is 23.9 Å². The second-order valence-corrected chi connectivity index (χ2v) is 13.4. The van der Waals surface area contributed by atoms with E-state index in [2.05, 4.69) is 109 Å². The molecule has 0 aliphatic carbocycles. The molecule has 10 heteroatoms. The van der Waals surface area contributed by atoms with E-state index in [0.717, 1.165) is 31.7 Å². The number of thiazole rings is 2. The number of rotatable bonds is 9. The topological polar surface area (TPSA) is 141 Å². The average Bonchev–Trinajstić information content (AvgIpc) is 3.59. The maximum absolute atomic E-state index is 6.21. The fourth-order valence-electron chi connectivity index (χ4n) is 4.03. The smallest absolute Gasteiger partial charge is 0.189 e. The van der Waals surface area contributed by atoms with E-state index >= 15 is 0 Å². The van der Waals surface area contributed by atoms with Gasteiger partial charge in [0.15, 0.2) is 11.9 Å². The van der Waals surface area contributed by atoms with Gasteiger partial charge in [-0.3, -0.25) is 0 Å². The zero-order chi connectivity index (χ0) is 28.9. The van der Waals surface area contributed by atoms with Gasteiger partial charge >= 0.3 is 0 Å². The maximum Gasteiger partial charge on any atom is 0.189 e. The highest BCUT2D eigenvalue weighted by atomic mass is 32.1. The van der Waals surface area contributed by atoms with Gasteiger partial charge in [-0.15, -0.1) is 22.7 Å². The molecule has 0 radical (unpaired) electrons. The van der Waals surface area contributed by atoms with Gasteiger partial charge in [0.05, 0.1) is 18.8 Å². The Morgan fingerprint density at radius 3 is 2.15 bits per heavy atom. The molecule has 40 heavy (non-hydrogen) atoms. The predicted molar refractivity (Wildman–Crippen MR) is 170 cm³/mol. The monoisotopic (exact) mass is 574 g/mol. The highest BCUT2D eigenvalue weighted by Gasteiger charge is 2.21. The first kappa shape index (κ1) is 29.2. The van der Waals surface area contributed by atoms with Gasteiger partial charge in [-0.2, -0.15) is 0 Å². The Bertz CT molecular complexity index is 1470. The third-order valence-electron chi connectivity index (χ3n) is 6.58. The lowest BCUT2D eigenvalue weighted by Crippen LogP contribution is -2.40. The summed E-state index contributed by atoms with van der Waals surface area (Å²) in [7, 11) is 0. The summed E-state index contributed by atoms with van der Waals surface area (Å²) in [6, 6.07) is 17.1. The molecular formula is C30H38N8S2. The van der Waals surface area contributed by atoms with Crippen LogP contribution >= 0.6 is 22.7 Å². The molecule has 4 rings (SSSR count). The number of aromatic nitrogens is 2. The number of hydrogen-bond acceptors (Lipinski definition) is 6. The third kappa shape index (κ3) is 7.67. The molecule has 0 amide bonds. The van der Waals surface area contributed by atoms with Crippen molar-refractivity contribution in [2.75, 3.05) is 6.54 Å². The van der Waals surface area contributed by atoms with Gasteiger partial charge in [-0.05, 0) is 16.5 Å². The number of aliphatic imine (C=N–C) groups is 2. The zero-order valence-corrected chi connectivity index (χ0v) is 25.4. The van der Waals surface area contributed by atoms with Crippen molar-refractivity contribution in [2.24, 2.45) is 27.2 Å². The van der Waals surface area contributed by atoms with Crippen LogP contribution in [0.5, 0.6) is 0 Å². The maximum atomic E-state index is 6.21. The van der Waals surface area contributed by atoms with Crippen molar-refractivity contribution >= 4 is 34.6 Å². The van der Waals surface area contributed by atoms with Crippen LogP contribution in [0.3, 0.4) is 0 Å². The Morgan fingerprint density at radius 2 is 1.50 bits per heavy atom. The summed E-state index contributed by atoms with van der Waals surface area (Å²) in [5, 5.41) is 7.22. The molecule has 0 aliphatic heterocycles. The molecule has 0 spiro atoms. The van der Waals surface area contributed by atoms with Crippen LogP contribution in [0.4, 0.5) is 0 Å². The lowest BCUT2D eigenvalue weighted by Gasteiger charge is -2.26. The Labute approximate surface area is 244 Å². The van der Waals surface area contributed by atoms with Crippen LogP contribution in [-0.4, -0.2) is 28.4 Å². The first-order valence-electron chi connectivity index (χ1n) is 13.1. The molecule has 8 nitrogen and oxygen atoms in total. The molecule has 0 unspecified atom stereocenters. The molecule has 7 N–H and O–H groups in total. The quantitative estimate of drug-likeness (QED) is 0.156. The summed E-state index contributed by atoms with van der Waals surface area (Å²) in [6.07, 6.45) is 1.81. The number of nitrogens with two attached hydrogens (primary N) is 3. The van der Waals surface area contributed by atoms with Crippen molar-refractivity contribution in [3.63, 3.8) is 0 Å². The molecule has 0 atom stereocenters. The van der Waals surface area contributed by atoms with E-state index in [1.807, 2.05) is 6.20 Å². The standard InChI is InChI=1S/C30H38N8S2/c1-29(2,3)21-10-6-19(7-11-21)24-17-39-25(38-24)16-36-28(33)37-18-30(4,5)22-12-8-20(9-13-22)26-34-14-23(40-26)15-35-27(31)32/h6-14,17H,15-16,18H2,1-5H3,(H4,31,32,35)(H3,33,36,37). The molecular weight excluding hydrogens is 537 g/mol. The Hall–Kier alpha value is -3.76. The molecule has 0 bridgehead atoms. The molecule has 0 saturated carbocycles. The van der Waals surface area contributed by atoms with Crippen LogP contribution in [0.1, 0.15) is 55.6 Å². The molecule has 2 heterocycles. The highest BCUT2D eigenvalue weighted by molar-refractivity contribution is 7.15. The van der Waals surface area contributed by atoms with E-state index in [0.29, 0.717) is 25.6 Å². The lowest BCUT2D eigenvalue weighted by molar-refractivity contribution is 0.511. The van der Waals surface area contributed by atoms with Crippen molar-refractivity contribution in [3.05, 3.63) is 81.1 Å². The normalized spacial score (nSPS) is 12.4. The summed E-state index contributed by atoms with van der Waals surface area (Å²) in [5.74, 6) is 0.489. The summed E-state index contributed by atoms with van der Waals surface area (Å²) in [5.41, 5.74) is 22.7. The van der Waals surface area contributed by atoms with E-state index in [4.69, 9.17) is 22.2 Å². The second kappa shape index (κ2) is 12.2. The first-order valence-corrected chi connectivity index (χ1v) is 14.8. The van der Waals surface area contributed by atoms with Crippen molar-refractivity contribution in [1.29, 1.82) is 0 Å². The molecule has 2 aromatic carbocycles. The Balaban J connectivity index is 1.32. The van der Waals surface area contributed by atoms with Crippen molar-refractivity contribution in [2.45, 2.75) is 58.5 Å². The number of guanidine groups is 2. The summed E-state index contributed by atoms with van der Waals surface area (Å²) in [6.45, 7) is 12.5. The molecule has 4 aromatic rings. The fourth-order valence-corrected chi connectivity index (χ4v) is 5.60. The van der Waals surface area contributed by atoms with Gasteiger partial charge in [-0.1, -0.05) is 83.1 Å². The van der Waals surface area contributed by atoms with Gasteiger partial charge in [0.25, 0.3) is 0 Å². The van der Waals surface area contributed by atoms with E-state index in [9.17, 15) is 0 Å². The van der Waals surface area contributed by atoms with Crippen LogP contribution < -0.4 is 22.5 Å². The van der Waals surface area contributed by atoms with Crippen LogP contribution in [0.25, 0.3) is 21.8 Å². The van der Waals surface area contributed by atoms with Gasteiger partial charge in [0, 0.05) is 39.5 Å². The predicted octanol–water partition coefficient (Wildman–Crippen LogP) is 5.39. The van der Waals surface area contributed by atoms with Gasteiger partial charge < -0.3 is 22.5 Å². The van der Waals surface area contributed by atoms with E-state index in [1.165, 1.54) is 11.1 Å². The van der Waals surface area contributed by atoms with E-state index < -0.39 is 0 Å². The van der Waals surface area contributed by atoms with Gasteiger partial charge in [0.1, 0.15) is 10.0 Å². The van der Waals surface area contributed by atoms with Crippen LogP contribution in [0, 0.1) is 0 Å².